The quantitative estimate of drug-likeness (QED) is 0.506. The van der Waals surface area contributed by atoms with E-state index in [1.807, 2.05) is 6.07 Å². The first kappa shape index (κ1) is 21.2. The molecule has 30 heavy (non-hydrogen) atoms. The van der Waals surface area contributed by atoms with Gasteiger partial charge in [-0.05, 0) is 53.9 Å². The van der Waals surface area contributed by atoms with Crippen molar-refractivity contribution in [2.24, 2.45) is 0 Å². The Hall–Kier alpha value is -3.48. The van der Waals surface area contributed by atoms with Gasteiger partial charge in [0.25, 0.3) is 0 Å². The van der Waals surface area contributed by atoms with Crippen molar-refractivity contribution in [2.45, 2.75) is 13.5 Å². The van der Waals surface area contributed by atoms with Crippen molar-refractivity contribution >= 4 is 11.7 Å². The third-order valence-corrected chi connectivity index (χ3v) is 4.26. The molecule has 0 saturated heterocycles. The van der Waals surface area contributed by atoms with Gasteiger partial charge in [0.2, 0.25) is 0 Å². The molecule has 0 spiro atoms. The van der Waals surface area contributed by atoms with Crippen LogP contribution < -0.4 is 10.1 Å². The van der Waals surface area contributed by atoms with Crippen molar-refractivity contribution in [2.75, 3.05) is 18.5 Å². The fourth-order valence-electron chi connectivity index (χ4n) is 2.87. The van der Waals surface area contributed by atoms with Crippen LogP contribution in [0.25, 0.3) is 11.1 Å². The van der Waals surface area contributed by atoms with Crippen LogP contribution in [0.5, 0.6) is 5.75 Å². The first-order chi connectivity index (χ1) is 14.5. The van der Waals surface area contributed by atoms with Gasteiger partial charge in [0.05, 0.1) is 6.61 Å². The predicted octanol–water partition coefficient (Wildman–Crippen LogP) is 5.32. The van der Waals surface area contributed by atoms with Crippen molar-refractivity contribution in [3.63, 3.8) is 0 Å². The molecule has 156 valence electrons. The lowest BCUT2D eigenvalue weighted by molar-refractivity contribution is -0.145. The van der Waals surface area contributed by atoms with Crippen molar-refractivity contribution in [3.05, 3.63) is 83.7 Å². The maximum Gasteiger partial charge on any atom is 0.344 e. The van der Waals surface area contributed by atoms with Crippen LogP contribution in [0.15, 0.2) is 60.7 Å². The maximum absolute atomic E-state index is 14.6. The fraction of sp³-hybridized carbons (Fsp3) is 0.174. The summed E-state index contributed by atoms with van der Waals surface area (Å²) in [6.07, 6.45) is 0. The molecule has 0 atom stereocenters. The van der Waals surface area contributed by atoms with Gasteiger partial charge in [0.1, 0.15) is 17.3 Å². The first-order valence-corrected chi connectivity index (χ1v) is 9.33. The Kier molecular flexibility index (Phi) is 6.95. The second kappa shape index (κ2) is 9.82. The van der Waals surface area contributed by atoms with Gasteiger partial charge in [-0.25, -0.2) is 18.0 Å². The van der Waals surface area contributed by atoms with E-state index in [1.165, 1.54) is 12.1 Å². The smallest absolute Gasteiger partial charge is 0.344 e. The topological polar surface area (TPSA) is 47.6 Å². The van der Waals surface area contributed by atoms with E-state index in [4.69, 9.17) is 9.47 Å². The average molecular weight is 415 g/mol. The number of carbonyl (C=O) groups is 1. The van der Waals surface area contributed by atoms with Crippen LogP contribution in [0.2, 0.25) is 0 Å². The first-order valence-electron chi connectivity index (χ1n) is 9.33. The van der Waals surface area contributed by atoms with Crippen LogP contribution >= 0.6 is 0 Å². The minimum Gasteiger partial charge on any atom is -0.479 e. The minimum atomic E-state index is -0.944. The molecule has 0 aromatic heterocycles. The van der Waals surface area contributed by atoms with E-state index in [2.05, 4.69) is 5.32 Å². The number of benzene rings is 3. The lowest BCUT2D eigenvalue weighted by atomic mass is 10.0. The molecule has 3 rings (SSSR count). The fourth-order valence-corrected chi connectivity index (χ4v) is 2.87. The van der Waals surface area contributed by atoms with Crippen molar-refractivity contribution in [1.29, 1.82) is 0 Å². The second-order valence-electron chi connectivity index (χ2n) is 6.39. The van der Waals surface area contributed by atoms with Gasteiger partial charge in [-0.15, -0.1) is 0 Å². The zero-order valence-electron chi connectivity index (χ0n) is 16.3. The zero-order valence-corrected chi connectivity index (χ0v) is 16.3. The van der Waals surface area contributed by atoms with E-state index in [0.29, 0.717) is 5.56 Å². The van der Waals surface area contributed by atoms with E-state index >= 15 is 0 Å². The summed E-state index contributed by atoms with van der Waals surface area (Å²) < 4.78 is 52.1. The third kappa shape index (κ3) is 5.31. The molecule has 0 aliphatic carbocycles. The van der Waals surface area contributed by atoms with E-state index in [9.17, 15) is 18.0 Å². The summed E-state index contributed by atoms with van der Waals surface area (Å²) in [7, 11) is 0. The number of esters is 1. The summed E-state index contributed by atoms with van der Waals surface area (Å²) >= 11 is 0. The summed E-state index contributed by atoms with van der Waals surface area (Å²) in [5, 5.41) is 2.72. The van der Waals surface area contributed by atoms with Crippen molar-refractivity contribution in [1.82, 2.24) is 0 Å². The van der Waals surface area contributed by atoms with Gasteiger partial charge in [0, 0.05) is 6.54 Å². The van der Waals surface area contributed by atoms with Gasteiger partial charge in [-0.2, -0.15) is 0 Å². The van der Waals surface area contributed by atoms with E-state index in [1.54, 1.807) is 37.3 Å². The Morgan fingerprint density at radius 3 is 2.43 bits per heavy atom. The normalized spacial score (nSPS) is 10.5. The minimum absolute atomic E-state index is 0.123. The molecular weight excluding hydrogens is 395 g/mol. The van der Waals surface area contributed by atoms with Crippen LogP contribution in [0.4, 0.5) is 18.9 Å². The molecule has 1 N–H and O–H groups in total. The molecule has 0 aliphatic rings. The van der Waals surface area contributed by atoms with Gasteiger partial charge in [0.15, 0.2) is 18.2 Å². The molecule has 0 unspecified atom stereocenters. The van der Waals surface area contributed by atoms with Gasteiger partial charge in [-0.1, -0.05) is 30.3 Å². The highest BCUT2D eigenvalue weighted by Crippen LogP contribution is 2.28. The zero-order chi connectivity index (χ0) is 21.5. The average Bonchev–Trinajstić information content (AvgIpc) is 2.73. The Morgan fingerprint density at radius 2 is 1.70 bits per heavy atom. The largest absolute Gasteiger partial charge is 0.479 e. The molecule has 3 aromatic carbocycles. The summed E-state index contributed by atoms with van der Waals surface area (Å²) in [5.74, 6) is -3.00. The summed E-state index contributed by atoms with van der Waals surface area (Å²) in [5.41, 5.74) is 1.85. The number of anilines is 1. The van der Waals surface area contributed by atoms with E-state index < -0.39 is 24.2 Å². The number of hydrogen-bond donors (Lipinski definition) is 1. The Labute approximate surface area is 172 Å². The third-order valence-electron chi connectivity index (χ3n) is 4.26. The summed E-state index contributed by atoms with van der Waals surface area (Å²) in [6, 6.07) is 15.5. The number of halogens is 3. The number of rotatable bonds is 8. The lowest BCUT2D eigenvalue weighted by Crippen LogP contribution is -2.15. The molecule has 4 nitrogen and oxygen atoms in total. The molecule has 3 aromatic rings. The van der Waals surface area contributed by atoms with Crippen molar-refractivity contribution in [3.8, 4) is 16.9 Å². The van der Waals surface area contributed by atoms with Crippen LogP contribution in [0, 0.1) is 17.5 Å². The standard InChI is InChI=1S/C23H20F3NO3/c1-2-29-21(28)14-30-20-10-9-19(25)23(22(20)26)27-13-15-5-3-6-16(11-15)17-7-4-8-18(24)12-17/h3-12,27H,2,13-14H2,1H3. The maximum atomic E-state index is 14.6. The Morgan fingerprint density at radius 1 is 0.967 bits per heavy atom. The molecule has 7 heteroatoms. The highest BCUT2D eigenvalue weighted by atomic mass is 19.1. The predicted molar refractivity (Wildman–Crippen MR) is 108 cm³/mol. The molecule has 0 radical (unpaired) electrons. The SMILES string of the molecule is CCOC(=O)COc1ccc(F)c(NCc2cccc(-c3cccc(F)c3)c2)c1F. The number of hydrogen-bond acceptors (Lipinski definition) is 4. The molecule has 0 heterocycles. The van der Waals surface area contributed by atoms with Crippen molar-refractivity contribution < 1.29 is 27.4 Å². The Bertz CT molecular complexity index is 1040. The van der Waals surface area contributed by atoms with Crippen LogP contribution in [-0.4, -0.2) is 19.2 Å². The van der Waals surface area contributed by atoms with E-state index in [0.717, 1.165) is 23.3 Å². The Balaban J connectivity index is 1.73. The lowest BCUT2D eigenvalue weighted by Gasteiger charge is -2.13. The summed E-state index contributed by atoms with van der Waals surface area (Å²) in [6.45, 7) is 1.46. The summed E-state index contributed by atoms with van der Waals surface area (Å²) in [4.78, 5) is 11.4. The molecule has 0 fully saturated rings. The number of nitrogens with one attached hydrogen (secondary N) is 1. The van der Waals surface area contributed by atoms with Gasteiger partial charge in [-0.3, -0.25) is 0 Å². The molecule has 0 aliphatic heterocycles. The number of carbonyl (C=O) groups excluding carboxylic acids is 1. The highest BCUT2D eigenvalue weighted by Gasteiger charge is 2.16. The molecule has 0 amide bonds. The van der Waals surface area contributed by atoms with Crippen LogP contribution in [-0.2, 0) is 16.1 Å². The molecular formula is C23H20F3NO3. The van der Waals surface area contributed by atoms with E-state index in [-0.39, 0.29) is 30.4 Å². The number of ether oxygens (including phenoxy) is 2. The van der Waals surface area contributed by atoms with Crippen LogP contribution in [0.1, 0.15) is 12.5 Å². The molecule has 0 saturated carbocycles. The second-order valence-corrected chi connectivity index (χ2v) is 6.39. The van der Waals surface area contributed by atoms with Gasteiger partial charge < -0.3 is 14.8 Å². The monoisotopic (exact) mass is 415 g/mol. The molecule has 0 bridgehead atoms. The highest BCUT2D eigenvalue weighted by molar-refractivity contribution is 5.71. The van der Waals surface area contributed by atoms with Crippen LogP contribution in [0.3, 0.4) is 0 Å². The van der Waals surface area contributed by atoms with Gasteiger partial charge >= 0.3 is 5.97 Å².